The van der Waals surface area contributed by atoms with Gasteiger partial charge in [0.25, 0.3) is 0 Å². The zero-order valence-electron chi connectivity index (χ0n) is 5.48. The molecule has 0 amide bonds. The minimum Gasteiger partial charge on any atom is -0.374 e. The van der Waals surface area contributed by atoms with Gasteiger partial charge in [0.05, 0.1) is 12.7 Å². The molecule has 1 aliphatic rings. The monoisotopic (exact) mass is 112 g/mol. The maximum atomic E-state index is 5.22. The molecule has 0 bridgehead atoms. The summed E-state index contributed by atoms with van der Waals surface area (Å²) in [5, 5.41) is 0. The molecule has 1 heterocycles. The van der Waals surface area contributed by atoms with E-state index in [1.54, 1.807) is 0 Å². The van der Waals surface area contributed by atoms with Crippen LogP contribution in [-0.4, -0.2) is 12.7 Å². The Morgan fingerprint density at radius 3 is 2.50 bits per heavy atom. The van der Waals surface area contributed by atoms with E-state index in [1.807, 2.05) is 0 Å². The van der Waals surface area contributed by atoms with E-state index in [9.17, 15) is 0 Å². The van der Waals surface area contributed by atoms with Crippen LogP contribution >= 0.6 is 0 Å². The van der Waals surface area contributed by atoms with Crippen LogP contribution in [0.5, 0.6) is 0 Å². The van der Waals surface area contributed by atoms with E-state index >= 15 is 0 Å². The lowest BCUT2D eigenvalue weighted by atomic mass is 10.1. The van der Waals surface area contributed by atoms with Crippen LogP contribution in [0.15, 0.2) is 11.6 Å². The Morgan fingerprint density at radius 2 is 2.38 bits per heavy atom. The standard InChI is InChI=1S/C7H12O/c1-3-6(2)7-4-5-8-7/h3,7H,4-5H2,1-2H3. The smallest absolute Gasteiger partial charge is 0.0804 e. The molecule has 0 aromatic rings. The fraction of sp³-hybridized carbons (Fsp3) is 0.714. The second-order valence-corrected chi connectivity index (χ2v) is 2.18. The topological polar surface area (TPSA) is 9.23 Å². The number of allylic oxidation sites excluding steroid dienone is 1. The van der Waals surface area contributed by atoms with Crippen molar-refractivity contribution in [3.8, 4) is 0 Å². The van der Waals surface area contributed by atoms with Gasteiger partial charge in [-0.25, -0.2) is 0 Å². The van der Waals surface area contributed by atoms with Crippen LogP contribution in [-0.2, 0) is 4.74 Å². The lowest BCUT2D eigenvalue weighted by Crippen LogP contribution is -2.27. The largest absolute Gasteiger partial charge is 0.374 e. The van der Waals surface area contributed by atoms with Gasteiger partial charge >= 0.3 is 0 Å². The minimum atomic E-state index is 0.458. The third kappa shape index (κ3) is 0.920. The molecule has 1 unspecified atom stereocenters. The molecule has 0 aromatic carbocycles. The number of ether oxygens (including phenoxy) is 1. The van der Waals surface area contributed by atoms with Gasteiger partial charge in [-0.3, -0.25) is 0 Å². The molecule has 1 rings (SSSR count). The first kappa shape index (κ1) is 5.83. The molecule has 1 aliphatic heterocycles. The first-order valence-corrected chi connectivity index (χ1v) is 3.09. The van der Waals surface area contributed by atoms with Gasteiger partial charge in [-0.1, -0.05) is 6.08 Å². The summed E-state index contributed by atoms with van der Waals surface area (Å²) in [5.41, 5.74) is 1.37. The molecule has 1 nitrogen and oxygen atoms in total. The summed E-state index contributed by atoms with van der Waals surface area (Å²) < 4.78 is 5.22. The predicted octanol–water partition coefficient (Wildman–Crippen LogP) is 1.74. The van der Waals surface area contributed by atoms with Gasteiger partial charge in [0.15, 0.2) is 0 Å². The quantitative estimate of drug-likeness (QED) is 0.469. The molecule has 1 heteroatoms. The van der Waals surface area contributed by atoms with Crippen LogP contribution in [0.4, 0.5) is 0 Å². The highest BCUT2D eigenvalue weighted by Crippen LogP contribution is 2.18. The van der Waals surface area contributed by atoms with E-state index in [1.165, 1.54) is 12.0 Å². The van der Waals surface area contributed by atoms with Crippen molar-refractivity contribution in [2.75, 3.05) is 6.61 Å². The number of hydrogen-bond donors (Lipinski definition) is 0. The molecule has 0 spiro atoms. The van der Waals surface area contributed by atoms with Crippen molar-refractivity contribution >= 4 is 0 Å². The predicted molar refractivity (Wildman–Crippen MR) is 33.8 cm³/mol. The Hall–Kier alpha value is -0.300. The van der Waals surface area contributed by atoms with Gasteiger partial charge in [-0.05, 0) is 19.4 Å². The van der Waals surface area contributed by atoms with Crippen molar-refractivity contribution in [1.82, 2.24) is 0 Å². The van der Waals surface area contributed by atoms with Gasteiger partial charge in [-0.2, -0.15) is 0 Å². The normalized spacial score (nSPS) is 29.8. The summed E-state index contributed by atoms with van der Waals surface area (Å²) in [6.45, 7) is 5.12. The van der Waals surface area contributed by atoms with Crippen molar-refractivity contribution in [3.05, 3.63) is 11.6 Å². The minimum absolute atomic E-state index is 0.458. The highest BCUT2D eigenvalue weighted by molar-refractivity contribution is 5.05. The Balaban J connectivity index is 2.34. The highest BCUT2D eigenvalue weighted by atomic mass is 16.5. The zero-order valence-corrected chi connectivity index (χ0v) is 5.48. The molecule has 0 aliphatic carbocycles. The summed E-state index contributed by atoms with van der Waals surface area (Å²) >= 11 is 0. The van der Waals surface area contributed by atoms with Gasteiger partial charge in [0.2, 0.25) is 0 Å². The molecular weight excluding hydrogens is 100 g/mol. The molecule has 8 heavy (non-hydrogen) atoms. The lowest BCUT2D eigenvalue weighted by molar-refractivity contribution is -0.0260. The maximum Gasteiger partial charge on any atom is 0.0804 e. The maximum absolute atomic E-state index is 5.22. The van der Waals surface area contributed by atoms with Crippen molar-refractivity contribution in [2.45, 2.75) is 26.4 Å². The SMILES string of the molecule is CC=C(C)C1CCO1. The Bertz CT molecular complexity index is 101. The van der Waals surface area contributed by atoms with Crippen LogP contribution in [0, 0.1) is 0 Å². The Kier molecular flexibility index (Phi) is 1.69. The molecule has 0 saturated carbocycles. The molecule has 1 fully saturated rings. The summed E-state index contributed by atoms with van der Waals surface area (Å²) in [6.07, 6.45) is 3.79. The third-order valence-corrected chi connectivity index (χ3v) is 1.66. The van der Waals surface area contributed by atoms with E-state index in [2.05, 4.69) is 19.9 Å². The molecule has 1 saturated heterocycles. The highest BCUT2D eigenvalue weighted by Gasteiger charge is 2.18. The molecule has 1 atom stereocenters. The molecule has 46 valence electrons. The summed E-state index contributed by atoms with van der Waals surface area (Å²) in [6, 6.07) is 0. The number of hydrogen-bond acceptors (Lipinski definition) is 1. The van der Waals surface area contributed by atoms with Gasteiger partial charge in [-0.15, -0.1) is 0 Å². The average molecular weight is 112 g/mol. The molecule has 0 aromatic heterocycles. The second-order valence-electron chi connectivity index (χ2n) is 2.18. The van der Waals surface area contributed by atoms with Gasteiger partial charge < -0.3 is 4.74 Å². The van der Waals surface area contributed by atoms with Crippen LogP contribution in [0.3, 0.4) is 0 Å². The van der Waals surface area contributed by atoms with E-state index < -0.39 is 0 Å². The first-order valence-electron chi connectivity index (χ1n) is 3.09. The first-order chi connectivity index (χ1) is 3.84. The van der Waals surface area contributed by atoms with Crippen molar-refractivity contribution in [3.63, 3.8) is 0 Å². The van der Waals surface area contributed by atoms with Crippen LogP contribution in [0.25, 0.3) is 0 Å². The van der Waals surface area contributed by atoms with E-state index in [4.69, 9.17) is 4.74 Å². The third-order valence-electron chi connectivity index (χ3n) is 1.66. The van der Waals surface area contributed by atoms with Gasteiger partial charge in [0, 0.05) is 6.42 Å². The molecule has 0 N–H and O–H groups in total. The fourth-order valence-electron chi connectivity index (χ4n) is 0.781. The Morgan fingerprint density at radius 1 is 1.75 bits per heavy atom. The Labute approximate surface area is 50.3 Å². The summed E-state index contributed by atoms with van der Waals surface area (Å²) in [7, 11) is 0. The summed E-state index contributed by atoms with van der Waals surface area (Å²) in [5.74, 6) is 0. The second kappa shape index (κ2) is 2.31. The molecule has 0 radical (unpaired) electrons. The number of rotatable bonds is 1. The van der Waals surface area contributed by atoms with E-state index in [0.717, 1.165) is 6.61 Å². The van der Waals surface area contributed by atoms with Crippen LogP contribution < -0.4 is 0 Å². The summed E-state index contributed by atoms with van der Waals surface area (Å²) in [4.78, 5) is 0. The zero-order chi connectivity index (χ0) is 5.98. The van der Waals surface area contributed by atoms with Gasteiger partial charge in [0.1, 0.15) is 0 Å². The van der Waals surface area contributed by atoms with E-state index in [-0.39, 0.29) is 0 Å². The van der Waals surface area contributed by atoms with Crippen molar-refractivity contribution in [2.24, 2.45) is 0 Å². The van der Waals surface area contributed by atoms with Crippen LogP contribution in [0.2, 0.25) is 0 Å². The van der Waals surface area contributed by atoms with Crippen molar-refractivity contribution < 1.29 is 4.74 Å². The van der Waals surface area contributed by atoms with Crippen molar-refractivity contribution in [1.29, 1.82) is 0 Å². The fourth-order valence-corrected chi connectivity index (χ4v) is 0.781. The average Bonchev–Trinajstić information content (AvgIpc) is 1.62. The molecular formula is C7H12O. The lowest BCUT2D eigenvalue weighted by Gasteiger charge is -2.26. The van der Waals surface area contributed by atoms with Crippen LogP contribution in [0.1, 0.15) is 20.3 Å². The van der Waals surface area contributed by atoms with E-state index in [0.29, 0.717) is 6.10 Å².